The molecule has 1 aromatic carbocycles. The van der Waals surface area contributed by atoms with E-state index >= 15 is 0 Å². The Balaban J connectivity index is 2.04. The summed E-state index contributed by atoms with van der Waals surface area (Å²) in [5.74, 6) is 0.760. The van der Waals surface area contributed by atoms with Crippen molar-refractivity contribution in [3.05, 3.63) is 35.6 Å². The molecule has 1 aromatic heterocycles. The van der Waals surface area contributed by atoms with Gasteiger partial charge in [-0.25, -0.2) is 0 Å². The Hall–Kier alpha value is -1.57. The second kappa shape index (κ2) is 4.52. The van der Waals surface area contributed by atoms with Crippen LogP contribution in [0.2, 0.25) is 0 Å². The van der Waals surface area contributed by atoms with Crippen LogP contribution in [-0.4, -0.2) is 5.78 Å². The normalized spacial score (nSPS) is 18.0. The first-order valence-electron chi connectivity index (χ1n) is 7.20. The van der Waals surface area contributed by atoms with Gasteiger partial charge in [0.1, 0.15) is 5.58 Å². The number of carbonyl (C=O) groups excluding carboxylic acids is 1. The molecule has 2 nitrogen and oxygen atoms in total. The van der Waals surface area contributed by atoms with Crippen LogP contribution in [0, 0.1) is 12.3 Å². The number of furan rings is 1. The Morgan fingerprint density at radius 3 is 2.68 bits per heavy atom. The molecule has 1 heterocycles. The van der Waals surface area contributed by atoms with Crippen molar-refractivity contribution in [3.63, 3.8) is 0 Å². The van der Waals surface area contributed by atoms with Crippen molar-refractivity contribution in [2.75, 3.05) is 0 Å². The van der Waals surface area contributed by atoms with Gasteiger partial charge in [0.15, 0.2) is 5.76 Å². The number of benzene rings is 1. The van der Waals surface area contributed by atoms with Gasteiger partial charge in [-0.3, -0.25) is 4.79 Å². The van der Waals surface area contributed by atoms with Gasteiger partial charge < -0.3 is 4.42 Å². The lowest BCUT2D eigenvalue weighted by molar-refractivity contribution is 0.0762. The fourth-order valence-corrected chi connectivity index (χ4v) is 3.38. The van der Waals surface area contributed by atoms with E-state index in [1.54, 1.807) is 0 Å². The molecule has 0 spiro atoms. The van der Waals surface area contributed by atoms with Crippen LogP contribution in [0.5, 0.6) is 0 Å². The average Bonchev–Trinajstić information content (AvgIpc) is 3.06. The van der Waals surface area contributed by atoms with Gasteiger partial charge in [-0.1, -0.05) is 38.0 Å². The number of aryl methyl sites for hydroxylation is 1. The van der Waals surface area contributed by atoms with Crippen LogP contribution in [0.25, 0.3) is 11.0 Å². The lowest BCUT2D eigenvalue weighted by Gasteiger charge is -2.24. The Morgan fingerprint density at radius 1 is 1.32 bits per heavy atom. The lowest BCUT2D eigenvalue weighted by atomic mass is 9.78. The molecule has 2 heteroatoms. The van der Waals surface area contributed by atoms with Gasteiger partial charge in [-0.05, 0) is 37.8 Å². The second-order valence-electron chi connectivity index (χ2n) is 5.77. The summed E-state index contributed by atoms with van der Waals surface area (Å²) in [6.45, 7) is 4.14. The highest BCUT2D eigenvalue weighted by Crippen LogP contribution is 2.44. The van der Waals surface area contributed by atoms with Gasteiger partial charge in [-0.2, -0.15) is 0 Å². The third kappa shape index (κ3) is 1.90. The van der Waals surface area contributed by atoms with E-state index in [2.05, 4.69) is 6.92 Å². The molecule has 0 aliphatic heterocycles. The monoisotopic (exact) mass is 256 g/mol. The summed E-state index contributed by atoms with van der Waals surface area (Å²) in [6, 6.07) is 7.95. The maximum Gasteiger partial charge on any atom is 0.204 e. The highest BCUT2D eigenvalue weighted by Gasteiger charge is 2.41. The fraction of sp³-hybridized carbons (Fsp3) is 0.471. The molecule has 3 rings (SSSR count). The topological polar surface area (TPSA) is 30.2 Å². The maximum absolute atomic E-state index is 12.8. The molecule has 1 saturated carbocycles. The Labute approximate surface area is 113 Å². The van der Waals surface area contributed by atoms with Gasteiger partial charge >= 0.3 is 0 Å². The van der Waals surface area contributed by atoms with Crippen molar-refractivity contribution in [2.45, 2.75) is 46.0 Å². The highest BCUT2D eigenvalue weighted by molar-refractivity contribution is 6.01. The fourth-order valence-electron chi connectivity index (χ4n) is 3.38. The molecule has 0 saturated heterocycles. The summed E-state index contributed by atoms with van der Waals surface area (Å²) >= 11 is 0. The molecule has 0 unspecified atom stereocenters. The minimum absolute atomic E-state index is 0.165. The van der Waals surface area contributed by atoms with Gasteiger partial charge in [0.05, 0.1) is 0 Å². The van der Waals surface area contributed by atoms with Crippen LogP contribution in [0.3, 0.4) is 0 Å². The van der Waals surface area contributed by atoms with Crippen molar-refractivity contribution < 1.29 is 9.21 Å². The van der Waals surface area contributed by atoms with E-state index in [0.717, 1.165) is 35.8 Å². The minimum Gasteiger partial charge on any atom is -0.453 e. The predicted octanol–water partition coefficient (Wildman–Crippen LogP) is 4.89. The summed E-state index contributed by atoms with van der Waals surface area (Å²) in [5.41, 5.74) is 1.78. The number of ketones is 1. The third-order valence-electron chi connectivity index (χ3n) is 4.68. The first-order chi connectivity index (χ1) is 9.16. The average molecular weight is 256 g/mol. The van der Waals surface area contributed by atoms with E-state index in [0.29, 0.717) is 5.76 Å². The standard InChI is InChI=1S/C17H20O2/c1-3-17(9-4-5-10-17)16(18)14-11-13-8-6-7-12(2)15(13)19-14/h6-8,11H,3-5,9-10H2,1-2H3. The molecule has 19 heavy (non-hydrogen) atoms. The minimum atomic E-state index is -0.165. The van der Waals surface area contributed by atoms with Crippen molar-refractivity contribution in [3.8, 4) is 0 Å². The molecule has 1 aliphatic rings. The molecule has 2 aromatic rings. The van der Waals surface area contributed by atoms with Crippen molar-refractivity contribution in [1.29, 1.82) is 0 Å². The molecular weight excluding hydrogens is 236 g/mol. The number of para-hydroxylation sites is 1. The van der Waals surface area contributed by atoms with Crippen LogP contribution < -0.4 is 0 Å². The van der Waals surface area contributed by atoms with E-state index < -0.39 is 0 Å². The van der Waals surface area contributed by atoms with E-state index in [4.69, 9.17) is 4.42 Å². The molecule has 1 fully saturated rings. The third-order valence-corrected chi connectivity index (χ3v) is 4.68. The van der Waals surface area contributed by atoms with Crippen molar-refractivity contribution in [2.24, 2.45) is 5.41 Å². The Bertz CT molecular complexity index is 615. The number of Topliss-reactive ketones (excluding diaryl/α,β-unsaturated/α-hetero) is 1. The second-order valence-corrected chi connectivity index (χ2v) is 5.77. The number of rotatable bonds is 3. The van der Waals surface area contributed by atoms with Crippen LogP contribution in [0.15, 0.2) is 28.7 Å². The molecule has 1 aliphatic carbocycles. The van der Waals surface area contributed by atoms with E-state index in [9.17, 15) is 4.79 Å². The summed E-state index contributed by atoms with van der Waals surface area (Å²) in [6.07, 6.45) is 5.27. The van der Waals surface area contributed by atoms with Gasteiger partial charge in [0.2, 0.25) is 5.78 Å². The zero-order chi connectivity index (χ0) is 13.5. The van der Waals surface area contributed by atoms with Gasteiger partial charge in [0.25, 0.3) is 0 Å². The number of hydrogen-bond donors (Lipinski definition) is 0. The predicted molar refractivity (Wildman–Crippen MR) is 76.5 cm³/mol. The summed E-state index contributed by atoms with van der Waals surface area (Å²) in [7, 11) is 0. The van der Waals surface area contributed by atoms with E-state index in [-0.39, 0.29) is 11.2 Å². The van der Waals surface area contributed by atoms with Gasteiger partial charge in [-0.15, -0.1) is 0 Å². The Morgan fingerprint density at radius 2 is 2.05 bits per heavy atom. The zero-order valence-electron chi connectivity index (χ0n) is 11.7. The first kappa shape index (κ1) is 12.5. The first-order valence-corrected chi connectivity index (χ1v) is 7.20. The van der Waals surface area contributed by atoms with E-state index in [1.807, 2.05) is 31.2 Å². The number of hydrogen-bond acceptors (Lipinski definition) is 2. The van der Waals surface area contributed by atoms with Crippen LogP contribution in [0.4, 0.5) is 0 Å². The van der Waals surface area contributed by atoms with Crippen LogP contribution in [-0.2, 0) is 0 Å². The van der Waals surface area contributed by atoms with Crippen molar-refractivity contribution in [1.82, 2.24) is 0 Å². The molecule has 0 amide bonds. The van der Waals surface area contributed by atoms with Gasteiger partial charge in [0, 0.05) is 10.8 Å². The molecule has 0 bridgehead atoms. The summed E-state index contributed by atoms with van der Waals surface area (Å²) in [5, 5.41) is 1.03. The Kier molecular flexibility index (Phi) is 2.96. The lowest BCUT2D eigenvalue weighted by Crippen LogP contribution is -2.26. The summed E-state index contributed by atoms with van der Waals surface area (Å²) < 4.78 is 5.85. The van der Waals surface area contributed by atoms with Crippen LogP contribution in [0.1, 0.15) is 55.1 Å². The molecule has 100 valence electrons. The highest BCUT2D eigenvalue weighted by atomic mass is 16.3. The number of carbonyl (C=O) groups is 1. The zero-order valence-corrected chi connectivity index (χ0v) is 11.7. The smallest absolute Gasteiger partial charge is 0.204 e. The molecule has 0 radical (unpaired) electrons. The van der Waals surface area contributed by atoms with E-state index in [1.165, 1.54) is 12.8 Å². The quantitative estimate of drug-likeness (QED) is 0.731. The molecular formula is C17H20O2. The van der Waals surface area contributed by atoms with Crippen LogP contribution >= 0.6 is 0 Å². The largest absolute Gasteiger partial charge is 0.453 e. The van der Waals surface area contributed by atoms with Crippen molar-refractivity contribution >= 4 is 16.8 Å². The maximum atomic E-state index is 12.8. The molecule has 0 N–H and O–H groups in total. The SMILES string of the molecule is CCC1(C(=O)c2cc3cccc(C)c3o2)CCCC1. The molecule has 0 atom stereocenters. The summed E-state index contributed by atoms with van der Waals surface area (Å²) in [4.78, 5) is 12.8. The number of fused-ring (bicyclic) bond motifs is 1.